The highest BCUT2D eigenvalue weighted by atomic mass is 32.1. The second kappa shape index (κ2) is 6.92. The van der Waals surface area contributed by atoms with E-state index in [2.05, 4.69) is 15.5 Å². The molecule has 0 unspecified atom stereocenters. The Balaban J connectivity index is 1.55. The molecular formula is C18H21FN4O2S. The van der Waals surface area contributed by atoms with Gasteiger partial charge in [0, 0.05) is 19.3 Å². The molecule has 1 aliphatic carbocycles. The minimum absolute atomic E-state index is 0.0799. The van der Waals surface area contributed by atoms with Crippen LogP contribution in [0.15, 0.2) is 24.3 Å². The van der Waals surface area contributed by atoms with E-state index in [-0.39, 0.29) is 11.7 Å². The SMILES string of the molecule is O=C(NCc1n[nH]c(=S)n1C1CC1)C1(c2ccc(F)cc2)CCOCC1. The van der Waals surface area contributed by atoms with E-state index in [1.807, 2.05) is 4.57 Å². The fourth-order valence-electron chi connectivity index (χ4n) is 3.64. The van der Waals surface area contributed by atoms with Crippen LogP contribution in [0.4, 0.5) is 4.39 Å². The van der Waals surface area contributed by atoms with Gasteiger partial charge in [0.15, 0.2) is 10.6 Å². The van der Waals surface area contributed by atoms with Gasteiger partial charge in [0.05, 0.1) is 12.0 Å². The molecule has 0 atom stereocenters. The van der Waals surface area contributed by atoms with Crippen molar-refractivity contribution in [1.82, 2.24) is 20.1 Å². The van der Waals surface area contributed by atoms with Gasteiger partial charge in [-0.2, -0.15) is 5.10 Å². The highest BCUT2D eigenvalue weighted by Crippen LogP contribution is 2.37. The topological polar surface area (TPSA) is 71.9 Å². The normalized spacial score (nSPS) is 19.3. The molecule has 6 nitrogen and oxygen atoms in total. The molecule has 138 valence electrons. The molecule has 2 heterocycles. The van der Waals surface area contributed by atoms with Crippen molar-refractivity contribution >= 4 is 18.1 Å². The zero-order valence-electron chi connectivity index (χ0n) is 14.3. The maximum absolute atomic E-state index is 13.3. The molecule has 1 amide bonds. The van der Waals surface area contributed by atoms with Crippen LogP contribution < -0.4 is 5.32 Å². The van der Waals surface area contributed by atoms with E-state index >= 15 is 0 Å². The number of aromatic nitrogens is 3. The van der Waals surface area contributed by atoms with Crippen LogP contribution in [0, 0.1) is 10.6 Å². The van der Waals surface area contributed by atoms with Crippen LogP contribution >= 0.6 is 12.2 Å². The molecule has 0 spiro atoms. The number of hydrogen-bond donors (Lipinski definition) is 2. The van der Waals surface area contributed by atoms with Gasteiger partial charge >= 0.3 is 0 Å². The minimum Gasteiger partial charge on any atom is -0.381 e. The molecule has 1 saturated heterocycles. The number of benzene rings is 1. The summed E-state index contributed by atoms with van der Waals surface area (Å²) in [7, 11) is 0. The predicted octanol–water partition coefficient (Wildman–Crippen LogP) is 2.78. The first kappa shape index (κ1) is 17.4. The first-order valence-electron chi connectivity index (χ1n) is 8.88. The summed E-state index contributed by atoms with van der Waals surface area (Å²) in [6.45, 7) is 1.32. The lowest BCUT2D eigenvalue weighted by Gasteiger charge is -2.36. The number of halogens is 1. The van der Waals surface area contributed by atoms with Crippen LogP contribution in [0.1, 0.15) is 43.1 Å². The molecule has 1 aliphatic heterocycles. The van der Waals surface area contributed by atoms with Crippen LogP contribution in [0.25, 0.3) is 0 Å². The Bertz CT molecular complexity index is 851. The molecule has 4 rings (SSSR count). The van der Waals surface area contributed by atoms with E-state index < -0.39 is 5.41 Å². The van der Waals surface area contributed by atoms with Crippen molar-refractivity contribution in [2.75, 3.05) is 13.2 Å². The Hall–Kier alpha value is -2.06. The van der Waals surface area contributed by atoms with E-state index in [1.165, 1.54) is 12.1 Å². The van der Waals surface area contributed by atoms with E-state index in [0.29, 0.717) is 43.4 Å². The number of carbonyl (C=O) groups excluding carboxylic acids is 1. The summed E-state index contributed by atoms with van der Waals surface area (Å²) in [4.78, 5) is 13.1. The highest BCUT2D eigenvalue weighted by Gasteiger charge is 2.41. The highest BCUT2D eigenvalue weighted by molar-refractivity contribution is 7.71. The van der Waals surface area contributed by atoms with E-state index in [4.69, 9.17) is 17.0 Å². The molecule has 1 saturated carbocycles. The van der Waals surface area contributed by atoms with Crippen molar-refractivity contribution in [3.8, 4) is 0 Å². The van der Waals surface area contributed by atoms with Gasteiger partial charge in [-0.15, -0.1) is 0 Å². The number of carbonyl (C=O) groups is 1. The summed E-state index contributed by atoms with van der Waals surface area (Å²) >= 11 is 5.28. The molecule has 1 aromatic heterocycles. The zero-order valence-corrected chi connectivity index (χ0v) is 15.2. The Morgan fingerprint density at radius 1 is 1.35 bits per heavy atom. The summed E-state index contributed by atoms with van der Waals surface area (Å²) in [5.74, 6) is 0.354. The van der Waals surface area contributed by atoms with Gasteiger partial charge < -0.3 is 10.1 Å². The quantitative estimate of drug-likeness (QED) is 0.787. The number of nitrogens with zero attached hydrogens (tertiary/aromatic N) is 2. The maximum atomic E-state index is 13.3. The molecule has 26 heavy (non-hydrogen) atoms. The first-order chi connectivity index (χ1) is 12.6. The lowest BCUT2D eigenvalue weighted by Crippen LogP contribution is -2.48. The largest absolute Gasteiger partial charge is 0.381 e. The number of H-pyrrole nitrogens is 1. The van der Waals surface area contributed by atoms with Gasteiger partial charge in [-0.05, 0) is 55.6 Å². The summed E-state index contributed by atoms with van der Waals surface area (Å²) in [5, 5.41) is 10.1. The van der Waals surface area contributed by atoms with Gasteiger partial charge in [-0.3, -0.25) is 14.5 Å². The van der Waals surface area contributed by atoms with E-state index in [0.717, 1.165) is 24.2 Å². The summed E-state index contributed by atoms with van der Waals surface area (Å²) in [5.41, 5.74) is 0.115. The van der Waals surface area contributed by atoms with Gasteiger partial charge in [0.25, 0.3) is 0 Å². The first-order valence-corrected chi connectivity index (χ1v) is 9.29. The molecule has 8 heteroatoms. The Morgan fingerprint density at radius 3 is 2.69 bits per heavy atom. The lowest BCUT2D eigenvalue weighted by molar-refractivity contribution is -0.130. The molecule has 1 aromatic carbocycles. The third-order valence-corrected chi connectivity index (χ3v) is 5.56. The van der Waals surface area contributed by atoms with Gasteiger partial charge in [-0.1, -0.05) is 12.1 Å². The van der Waals surface area contributed by atoms with Crippen molar-refractivity contribution in [1.29, 1.82) is 0 Å². The van der Waals surface area contributed by atoms with Crippen molar-refractivity contribution in [2.24, 2.45) is 0 Å². The fourth-order valence-corrected chi connectivity index (χ4v) is 3.94. The smallest absolute Gasteiger partial charge is 0.231 e. The van der Waals surface area contributed by atoms with Crippen LogP contribution in [0.5, 0.6) is 0 Å². The summed E-state index contributed by atoms with van der Waals surface area (Å²) < 4.78 is 21.4. The average Bonchev–Trinajstić information content (AvgIpc) is 3.43. The third kappa shape index (κ3) is 3.19. The molecule has 0 bridgehead atoms. The third-order valence-electron chi connectivity index (χ3n) is 5.27. The number of nitrogens with one attached hydrogen (secondary N) is 2. The van der Waals surface area contributed by atoms with Crippen LogP contribution in [0.2, 0.25) is 0 Å². The number of rotatable bonds is 5. The van der Waals surface area contributed by atoms with Crippen molar-refractivity contribution < 1.29 is 13.9 Å². The second-order valence-electron chi connectivity index (χ2n) is 6.93. The van der Waals surface area contributed by atoms with Gasteiger partial charge in [0.1, 0.15) is 5.82 Å². The Morgan fingerprint density at radius 2 is 2.04 bits per heavy atom. The number of hydrogen-bond acceptors (Lipinski definition) is 4. The van der Waals surface area contributed by atoms with E-state index in [9.17, 15) is 9.18 Å². The molecule has 0 radical (unpaired) electrons. The molecule has 2 aliphatic rings. The maximum Gasteiger partial charge on any atom is 0.231 e. The van der Waals surface area contributed by atoms with E-state index in [1.54, 1.807) is 12.1 Å². The van der Waals surface area contributed by atoms with Crippen LogP contribution in [0.3, 0.4) is 0 Å². The standard InChI is InChI=1S/C18H21FN4O2S/c19-13-3-1-12(2-4-13)18(7-9-25-10-8-18)16(24)20-11-15-21-22-17(26)23(15)14-5-6-14/h1-4,14H,5-11H2,(H,20,24)(H,22,26). The number of ether oxygens (including phenoxy) is 1. The summed E-state index contributed by atoms with van der Waals surface area (Å²) in [6.07, 6.45) is 3.32. The second-order valence-corrected chi connectivity index (χ2v) is 7.32. The number of aromatic amines is 1. The average molecular weight is 376 g/mol. The minimum atomic E-state index is -0.705. The van der Waals surface area contributed by atoms with Crippen molar-refractivity contribution in [3.05, 3.63) is 46.2 Å². The Labute approximate surface area is 155 Å². The van der Waals surface area contributed by atoms with Crippen molar-refractivity contribution in [2.45, 2.75) is 43.7 Å². The zero-order chi connectivity index (χ0) is 18.1. The molecule has 2 fully saturated rings. The number of amides is 1. The monoisotopic (exact) mass is 376 g/mol. The molecule has 2 N–H and O–H groups in total. The summed E-state index contributed by atoms with van der Waals surface area (Å²) in [6, 6.07) is 6.58. The van der Waals surface area contributed by atoms with Crippen LogP contribution in [-0.2, 0) is 21.5 Å². The fraction of sp³-hybridized carbons (Fsp3) is 0.500. The lowest BCUT2D eigenvalue weighted by atomic mass is 9.73. The van der Waals surface area contributed by atoms with Gasteiger partial charge in [0.2, 0.25) is 5.91 Å². The van der Waals surface area contributed by atoms with Crippen LogP contribution in [-0.4, -0.2) is 33.9 Å². The Kier molecular flexibility index (Phi) is 4.62. The van der Waals surface area contributed by atoms with Crippen molar-refractivity contribution in [3.63, 3.8) is 0 Å². The molecular weight excluding hydrogens is 355 g/mol. The predicted molar refractivity (Wildman–Crippen MR) is 95.7 cm³/mol. The van der Waals surface area contributed by atoms with Gasteiger partial charge in [-0.25, -0.2) is 4.39 Å². The molecule has 2 aromatic rings.